The molecular weight excluding hydrogens is 286 g/mol. The van der Waals surface area contributed by atoms with Crippen LogP contribution in [-0.2, 0) is 16.0 Å². The summed E-state index contributed by atoms with van der Waals surface area (Å²) in [5.41, 5.74) is 1.14. The molecule has 1 N–H and O–H groups in total. The second kappa shape index (κ2) is 7.04. The lowest BCUT2D eigenvalue weighted by Crippen LogP contribution is -2.14. The molecule has 0 saturated carbocycles. The molecule has 0 unspecified atom stereocenters. The highest BCUT2D eigenvalue weighted by Gasteiger charge is 2.10. The average Bonchev–Trinajstić information content (AvgIpc) is 2.91. The van der Waals surface area contributed by atoms with Gasteiger partial charge in [-0.3, -0.25) is 4.79 Å². The lowest BCUT2D eigenvalue weighted by atomic mass is 10.2. The Labute approximate surface area is 127 Å². The molecule has 1 amide bonds. The van der Waals surface area contributed by atoms with Crippen molar-refractivity contribution in [1.29, 1.82) is 0 Å². The molecule has 110 valence electrons. The zero-order chi connectivity index (χ0) is 15.2. The van der Waals surface area contributed by atoms with Gasteiger partial charge in [-0.05, 0) is 49.6 Å². The summed E-state index contributed by atoms with van der Waals surface area (Å²) in [6.45, 7) is 3.61. The number of thiophene rings is 1. The number of rotatable bonds is 5. The molecule has 5 heteroatoms. The minimum Gasteiger partial charge on any atom is -0.459 e. The highest BCUT2D eigenvalue weighted by molar-refractivity contribution is 7.10. The predicted molar refractivity (Wildman–Crippen MR) is 83.6 cm³/mol. The van der Waals surface area contributed by atoms with Crippen molar-refractivity contribution in [2.75, 3.05) is 5.32 Å². The van der Waals surface area contributed by atoms with E-state index >= 15 is 0 Å². The zero-order valence-electron chi connectivity index (χ0n) is 12.0. The maximum Gasteiger partial charge on any atom is 0.338 e. The summed E-state index contributed by atoms with van der Waals surface area (Å²) in [6.07, 6.45) is 0.206. The smallest absolute Gasteiger partial charge is 0.338 e. The molecule has 0 spiro atoms. The van der Waals surface area contributed by atoms with Gasteiger partial charge in [-0.1, -0.05) is 6.07 Å². The molecule has 0 fully saturated rings. The summed E-state index contributed by atoms with van der Waals surface area (Å²) < 4.78 is 5.10. The molecule has 0 aliphatic heterocycles. The Kier molecular flexibility index (Phi) is 5.11. The third-order valence-electron chi connectivity index (χ3n) is 2.66. The van der Waals surface area contributed by atoms with E-state index in [1.165, 1.54) is 0 Å². The van der Waals surface area contributed by atoms with Gasteiger partial charge in [0.15, 0.2) is 0 Å². The van der Waals surface area contributed by atoms with Crippen molar-refractivity contribution in [1.82, 2.24) is 0 Å². The van der Waals surface area contributed by atoms with Gasteiger partial charge in [-0.15, -0.1) is 11.3 Å². The molecule has 0 radical (unpaired) electrons. The second-order valence-electron chi connectivity index (χ2n) is 4.84. The number of nitrogens with one attached hydrogen (secondary N) is 1. The number of amides is 1. The molecule has 0 bridgehead atoms. The number of benzene rings is 1. The normalized spacial score (nSPS) is 10.4. The number of esters is 1. The fraction of sp³-hybridized carbons (Fsp3) is 0.250. The Morgan fingerprint density at radius 1 is 1.19 bits per heavy atom. The number of hydrogen-bond acceptors (Lipinski definition) is 4. The fourth-order valence-corrected chi connectivity index (χ4v) is 2.45. The van der Waals surface area contributed by atoms with Crippen LogP contribution >= 0.6 is 11.3 Å². The van der Waals surface area contributed by atoms with E-state index in [9.17, 15) is 9.59 Å². The van der Waals surface area contributed by atoms with Crippen LogP contribution in [-0.4, -0.2) is 18.0 Å². The summed E-state index contributed by atoms with van der Waals surface area (Å²) in [5.74, 6) is -0.434. The highest BCUT2D eigenvalue weighted by atomic mass is 32.1. The lowest BCUT2D eigenvalue weighted by Gasteiger charge is -2.09. The zero-order valence-corrected chi connectivity index (χ0v) is 12.8. The van der Waals surface area contributed by atoms with Crippen LogP contribution in [0.5, 0.6) is 0 Å². The Bertz CT molecular complexity index is 603. The van der Waals surface area contributed by atoms with Crippen molar-refractivity contribution in [3.63, 3.8) is 0 Å². The van der Waals surface area contributed by atoms with Crippen LogP contribution in [0.4, 0.5) is 5.69 Å². The van der Waals surface area contributed by atoms with Crippen LogP contribution in [0.25, 0.3) is 0 Å². The highest BCUT2D eigenvalue weighted by Crippen LogP contribution is 2.13. The third kappa shape index (κ3) is 4.72. The number of carbonyl (C=O) groups is 2. The van der Waals surface area contributed by atoms with Crippen molar-refractivity contribution in [2.45, 2.75) is 26.4 Å². The molecule has 2 aromatic rings. The van der Waals surface area contributed by atoms with Crippen LogP contribution in [0.15, 0.2) is 41.8 Å². The first-order valence-corrected chi connectivity index (χ1v) is 7.56. The van der Waals surface area contributed by atoms with E-state index in [0.717, 1.165) is 4.88 Å². The SMILES string of the molecule is CC(C)OC(=O)c1ccc(NC(=O)Cc2cccs2)cc1. The summed E-state index contributed by atoms with van der Waals surface area (Å²) in [4.78, 5) is 24.6. The maximum absolute atomic E-state index is 11.8. The van der Waals surface area contributed by atoms with Crippen molar-refractivity contribution < 1.29 is 14.3 Å². The van der Waals surface area contributed by atoms with Gasteiger partial charge < -0.3 is 10.1 Å². The van der Waals surface area contributed by atoms with Crippen LogP contribution in [0, 0.1) is 0 Å². The van der Waals surface area contributed by atoms with Gasteiger partial charge in [-0.2, -0.15) is 0 Å². The molecule has 21 heavy (non-hydrogen) atoms. The van der Waals surface area contributed by atoms with Crippen LogP contribution in [0.3, 0.4) is 0 Å². The summed E-state index contributed by atoms with van der Waals surface area (Å²) in [5, 5.41) is 4.74. The maximum atomic E-state index is 11.8. The lowest BCUT2D eigenvalue weighted by molar-refractivity contribution is -0.115. The van der Waals surface area contributed by atoms with Gasteiger partial charge in [0.05, 0.1) is 18.1 Å². The molecule has 0 saturated heterocycles. The van der Waals surface area contributed by atoms with Crippen LogP contribution in [0.1, 0.15) is 29.1 Å². The van der Waals surface area contributed by atoms with E-state index in [0.29, 0.717) is 17.7 Å². The number of anilines is 1. The Morgan fingerprint density at radius 2 is 1.90 bits per heavy atom. The molecule has 1 aromatic heterocycles. The summed E-state index contributed by atoms with van der Waals surface area (Å²) >= 11 is 1.55. The standard InChI is InChI=1S/C16H17NO3S/c1-11(2)20-16(19)12-5-7-13(8-6-12)17-15(18)10-14-4-3-9-21-14/h3-9,11H,10H2,1-2H3,(H,17,18). The van der Waals surface area contributed by atoms with Crippen molar-refractivity contribution >= 4 is 28.9 Å². The predicted octanol–water partition coefficient (Wildman–Crippen LogP) is 3.49. The minimum absolute atomic E-state index is 0.0741. The molecular formula is C16H17NO3S. The monoisotopic (exact) mass is 303 g/mol. The van der Waals surface area contributed by atoms with E-state index in [1.807, 2.05) is 17.5 Å². The van der Waals surface area contributed by atoms with Crippen LogP contribution < -0.4 is 5.32 Å². The van der Waals surface area contributed by atoms with E-state index in [1.54, 1.807) is 49.4 Å². The van der Waals surface area contributed by atoms with Gasteiger partial charge in [0.2, 0.25) is 5.91 Å². The first kappa shape index (κ1) is 15.3. The molecule has 1 heterocycles. The Hall–Kier alpha value is -2.14. The largest absolute Gasteiger partial charge is 0.459 e. The van der Waals surface area contributed by atoms with Gasteiger partial charge in [0, 0.05) is 10.6 Å². The quantitative estimate of drug-likeness (QED) is 0.860. The third-order valence-corrected chi connectivity index (χ3v) is 3.54. The first-order valence-electron chi connectivity index (χ1n) is 6.68. The van der Waals surface area contributed by atoms with E-state index in [-0.39, 0.29) is 18.0 Å². The number of hydrogen-bond donors (Lipinski definition) is 1. The molecule has 1 aromatic carbocycles. The van der Waals surface area contributed by atoms with Gasteiger partial charge in [0.1, 0.15) is 0 Å². The van der Waals surface area contributed by atoms with Crippen molar-refractivity contribution in [2.24, 2.45) is 0 Å². The summed E-state index contributed by atoms with van der Waals surface area (Å²) in [6, 6.07) is 10.5. The molecule has 2 rings (SSSR count). The van der Waals surface area contributed by atoms with E-state index in [4.69, 9.17) is 4.74 Å². The van der Waals surface area contributed by atoms with Gasteiger partial charge >= 0.3 is 5.97 Å². The second-order valence-corrected chi connectivity index (χ2v) is 5.87. The first-order chi connectivity index (χ1) is 10.0. The van der Waals surface area contributed by atoms with Crippen molar-refractivity contribution in [3.8, 4) is 0 Å². The van der Waals surface area contributed by atoms with E-state index in [2.05, 4.69) is 5.32 Å². The molecule has 0 aliphatic carbocycles. The van der Waals surface area contributed by atoms with E-state index < -0.39 is 0 Å². The Morgan fingerprint density at radius 3 is 2.48 bits per heavy atom. The molecule has 4 nitrogen and oxygen atoms in total. The fourth-order valence-electron chi connectivity index (χ4n) is 1.75. The number of ether oxygens (including phenoxy) is 1. The minimum atomic E-state index is -0.360. The average molecular weight is 303 g/mol. The summed E-state index contributed by atoms with van der Waals surface area (Å²) in [7, 11) is 0. The topological polar surface area (TPSA) is 55.4 Å². The van der Waals surface area contributed by atoms with Crippen molar-refractivity contribution in [3.05, 3.63) is 52.2 Å². The Balaban J connectivity index is 1.93. The molecule has 0 aliphatic rings. The number of carbonyl (C=O) groups excluding carboxylic acids is 2. The molecule has 0 atom stereocenters. The van der Waals surface area contributed by atoms with Crippen LogP contribution in [0.2, 0.25) is 0 Å². The van der Waals surface area contributed by atoms with Gasteiger partial charge in [-0.25, -0.2) is 4.79 Å². The van der Waals surface area contributed by atoms with Gasteiger partial charge in [0.25, 0.3) is 0 Å².